The minimum Gasteiger partial charge on any atom is -0.508 e. The highest BCUT2D eigenvalue weighted by Crippen LogP contribution is 2.45. The molecular weight excluding hydrogens is 724 g/mol. The Morgan fingerprint density at radius 3 is 2.02 bits per heavy atom. The molecule has 2 fully saturated rings. The number of phenols is 3. The van der Waals surface area contributed by atoms with Gasteiger partial charge in [0.15, 0.2) is 30.4 Å². The first-order valence-electron chi connectivity index (χ1n) is 16.7. The molecule has 3 heterocycles. The molecular formula is C35H40O19. The number of aromatic hydroxyl groups is 3. The van der Waals surface area contributed by atoms with Gasteiger partial charge in [-0.25, -0.2) is 0 Å². The van der Waals surface area contributed by atoms with Crippen molar-refractivity contribution in [3.63, 3.8) is 0 Å². The van der Waals surface area contributed by atoms with Crippen molar-refractivity contribution < 1.29 is 92.1 Å². The van der Waals surface area contributed by atoms with Crippen LogP contribution >= 0.6 is 0 Å². The Labute approximate surface area is 307 Å². The van der Waals surface area contributed by atoms with Crippen LogP contribution in [0.3, 0.4) is 0 Å². The van der Waals surface area contributed by atoms with Gasteiger partial charge >= 0.3 is 23.9 Å². The highest BCUT2D eigenvalue weighted by Gasteiger charge is 2.55. The summed E-state index contributed by atoms with van der Waals surface area (Å²) in [6.45, 7) is 5.08. The lowest BCUT2D eigenvalue weighted by Gasteiger charge is -2.47. The van der Waals surface area contributed by atoms with Crippen LogP contribution in [0.1, 0.15) is 63.1 Å². The molecule has 0 amide bonds. The number of phenolic OH excluding ortho intramolecular Hbond substituents is 3. The molecule has 2 aromatic rings. The minimum atomic E-state index is -1.77. The fourth-order valence-electron chi connectivity index (χ4n) is 6.31. The molecule has 2 saturated heterocycles. The molecule has 5 N–H and O–H groups in total. The van der Waals surface area contributed by atoms with Crippen molar-refractivity contribution in [1.29, 1.82) is 0 Å². The number of rotatable bonds is 10. The summed E-state index contributed by atoms with van der Waals surface area (Å²) in [6, 6.07) is 5.90. The van der Waals surface area contributed by atoms with Gasteiger partial charge in [0, 0.05) is 45.4 Å². The predicted molar refractivity (Wildman–Crippen MR) is 174 cm³/mol. The summed E-state index contributed by atoms with van der Waals surface area (Å²) in [7, 11) is 0. The minimum absolute atomic E-state index is 0.0610. The highest BCUT2D eigenvalue weighted by atomic mass is 16.8. The van der Waals surface area contributed by atoms with Gasteiger partial charge < -0.3 is 68.2 Å². The number of aliphatic hydroxyl groups excluding tert-OH is 2. The maximum Gasteiger partial charge on any atom is 0.303 e. The van der Waals surface area contributed by atoms with Crippen LogP contribution in [-0.4, -0.2) is 123 Å². The second-order valence-electron chi connectivity index (χ2n) is 12.8. The predicted octanol–water partition coefficient (Wildman–Crippen LogP) is 0.824. The van der Waals surface area contributed by atoms with Crippen LogP contribution in [0.2, 0.25) is 0 Å². The van der Waals surface area contributed by atoms with E-state index in [0.29, 0.717) is 0 Å². The summed E-state index contributed by atoms with van der Waals surface area (Å²) in [5.74, 6) is -5.32. The van der Waals surface area contributed by atoms with Crippen LogP contribution in [0.25, 0.3) is 0 Å². The van der Waals surface area contributed by atoms with Crippen LogP contribution in [0, 0.1) is 0 Å². The average molecular weight is 765 g/mol. The van der Waals surface area contributed by atoms with Crippen molar-refractivity contribution in [2.45, 2.75) is 109 Å². The number of hydrogen-bond donors (Lipinski definition) is 5. The van der Waals surface area contributed by atoms with Crippen molar-refractivity contribution in [2.75, 3.05) is 6.61 Å². The van der Waals surface area contributed by atoms with E-state index >= 15 is 0 Å². The zero-order valence-corrected chi connectivity index (χ0v) is 29.6. The van der Waals surface area contributed by atoms with Gasteiger partial charge in [-0.2, -0.15) is 0 Å². The smallest absolute Gasteiger partial charge is 0.303 e. The van der Waals surface area contributed by atoms with E-state index in [1.165, 1.54) is 25.1 Å². The largest absolute Gasteiger partial charge is 0.508 e. The van der Waals surface area contributed by atoms with Gasteiger partial charge in [-0.15, -0.1) is 0 Å². The Balaban J connectivity index is 1.49. The van der Waals surface area contributed by atoms with Gasteiger partial charge in [0.25, 0.3) is 0 Å². The lowest BCUT2D eigenvalue weighted by Crippen LogP contribution is -2.66. The molecule has 0 radical (unpaired) electrons. The van der Waals surface area contributed by atoms with Crippen molar-refractivity contribution in [1.82, 2.24) is 0 Å². The van der Waals surface area contributed by atoms with Crippen molar-refractivity contribution in [2.24, 2.45) is 0 Å². The maximum absolute atomic E-state index is 13.1. The molecule has 5 rings (SSSR count). The fraction of sp³-hybridized carbons (Fsp3) is 0.514. The van der Waals surface area contributed by atoms with E-state index in [9.17, 15) is 49.5 Å². The topological polar surface area (TPSA) is 270 Å². The maximum atomic E-state index is 13.1. The summed E-state index contributed by atoms with van der Waals surface area (Å²) < 4.78 is 51.3. The number of fused-ring (bicyclic) bond motifs is 1. The monoisotopic (exact) mass is 764 g/mol. The number of ketones is 1. The van der Waals surface area contributed by atoms with Gasteiger partial charge in [0.05, 0.1) is 12.5 Å². The van der Waals surface area contributed by atoms with E-state index < -0.39 is 110 Å². The van der Waals surface area contributed by atoms with Crippen molar-refractivity contribution >= 4 is 29.7 Å². The van der Waals surface area contributed by atoms with Gasteiger partial charge in [0.2, 0.25) is 6.29 Å². The second-order valence-corrected chi connectivity index (χ2v) is 12.8. The second kappa shape index (κ2) is 16.4. The standard InChI is InChI=1S/C35H40O19/c1-13-28(44)30(54-35-33(50-17(5)39)31(48-15(3)37)29(45)26(53-35)12-46-14(2)36)32(49-16(4)38)34(47-13)52-23-7-6-18(40)8-20(23)24-11-22(43)27-21(42)9-19(41)10-25(27)51-24/h6-10,13,24,26,28-35,40-42,44-45H,11-12H2,1-5H3. The molecule has 0 aliphatic carbocycles. The Kier molecular flexibility index (Phi) is 12.2. The number of aliphatic hydroxyl groups is 2. The van der Waals surface area contributed by atoms with Gasteiger partial charge in [-0.3, -0.25) is 24.0 Å². The number of Topliss-reactive ketones (excluding diaryl/α,β-unsaturated/α-hetero) is 1. The molecule has 11 atom stereocenters. The molecule has 19 heteroatoms. The molecule has 294 valence electrons. The van der Waals surface area contributed by atoms with Gasteiger partial charge in [-0.05, 0) is 25.1 Å². The summed E-state index contributed by atoms with van der Waals surface area (Å²) >= 11 is 0. The number of ether oxygens (including phenoxy) is 9. The van der Waals surface area contributed by atoms with E-state index in [-0.39, 0.29) is 40.5 Å². The Morgan fingerprint density at radius 1 is 0.759 bits per heavy atom. The van der Waals surface area contributed by atoms with E-state index in [1.807, 2.05) is 0 Å². The van der Waals surface area contributed by atoms with Crippen molar-refractivity contribution in [3.8, 4) is 28.7 Å². The molecule has 11 unspecified atom stereocenters. The number of hydrogen-bond acceptors (Lipinski definition) is 19. The van der Waals surface area contributed by atoms with E-state index in [4.69, 9.17) is 42.6 Å². The molecule has 3 aliphatic heterocycles. The Bertz CT molecular complexity index is 1760. The third-order valence-corrected chi connectivity index (χ3v) is 8.59. The number of benzene rings is 2. The summed E-state index contributed by atoms with van der Waals surface area (Å²) in [5.41, 5.74) is -0.0640. The van der Waals surface area contributed by atoms with E-state index in [0.717, 1.165) is 39.8 Å². The van der Waals surface area contributed by atoms with Crippen LogP contribution < -0.4 is 9.47 Å². The molecule has 19 nitrogen and oxygen atoms in total. The lowest BCUT2D eigenvalue weighted by molar-refractivity contribution is -0.352. The molecule has 0 saturated carbocycles. The number of carbonyl (C=O) groups excluding carboxylic acids is 5. The van der Waals surface area contributed by atoms with E-state index in [1.54, 1.807) is 0 Å². The number of carbonyl (C=O) groups is 5. The van der Waals surface area contributed by atoms with Crippen LogP contribution in [0.15, 0.2) is 30.3 Å². The van der Waals surface area contributed by atoms with Crippen LogP contribution in [0.5, 0.6) is 28.7 Å². The summed E-state index contributed by atoms with van der Waals surface area (Å²) in [5, 5.41) is 53.1. The van der Waals surface area contributed by atoms with Crippen molar-refractivity contribution in [3.05, 3.63) is 41.5 Å². The third-order valence-electron chi connectivity index (χ3n) is 8.59. The molecule has 0 aromatic heterocycles. The summed E-state index contributed by atoms with van der Waals surface area (Å²) in [4.78, 5) is 61.5. The number of esters is 4. The Morgan fingerprint density at radius 2 is 1.39 bits per heavy atom. The summed E-state index contributed by atoms with van der Waals surface area (Å²) in [6.07, 6.45) is -17.3. The SMILES string of the molecule is CC(=O)OCC1OC(OC2C(O)C(C)OC(Oc3ccc(O)cc3C3CC(=O)c4c(O)cc(O)cc4O3)C2OC(C)=O)C(OC(C)=O)C(OC(C)=O)C1O. The van der Waals surface area contributed by atoms with Crippen LogP contribution in [0.4, 0.5) is 0 Å². The Hall–Kier alpha value is -5.21. The quantitative estimate of drug-likeness (QED) is 0.166. The fourth-order valence-corrected chi connectivity index (χ4v) is 6.31. The first-order valence-corrected chi connectivity index (χ1v) is 16.7. The average Bonchev–Trinajstić information content (AvgIpc) is 3.06. The van der Waals surface area contributed by atoms with Gasteiger partial charge in [0.1, 0.15) is 71.4 Å². The zero-order valence-electron chi connectivity index (χ0n) is 29.6. The zero-order chi connectivity index (χ0) is 39.6. The molecule has 54 heavy (non-hydrogen) atoms. The molecule has 3 aliphatic rings. The molecule has 0 spiro atoms. The first kappa shape index (κ1) is 40.0. The molecule has 0 bridgehead atoms. The third kappa shape index (κ3) is 8.93. The normalized spacial score (nSPS) is 30.6. The van der Waals surface area contributed by atoms with E-state index in [2.05, 4.69) is 0 Å². The van der Waals surface area contributed by atoms with Crippen LogP contribution in [-0.2, 0) is 52.3 Å². The molecule has 2 aromatic carbocycles. The first-order chi connectivity index (χ1) is 25.4. The van der Waals surface area contributed by atoms with Gasteiger partial charge in [-0.1, -0.05) is 0 Å². The lowest BCUT2D eigenvalue weighted by atomic mass is 9.94. The highest BCUT2D eigenvalue weighted by molar-refractivity contribution is 6.02.